The van der Waals surface area contributed by atoms with Crippen molar-refractivity contribution < 1.29 is 48.3 Å². The molecule has 0 spiro atoms. The summed E-state index contributed by atoms with van der Waals surface area (Å²) in [5.41, 5.74) is 3.94. The minimum Gasteiger partial charge on any atom is -0.496 e. The maximum atomic E-state index is 14.7. The van der Waals surface area contributed by atoms with Gasteiger partial charge in [0.1, 0.15) is 35.6 Å². The van der Waals surface area contributed by atoms with Gasteiger partial charge in [-0.15, -0.1) is 6.58 Å². The fraction of sp³-hybridized carbons (Fsp3) is 0.569. The van der Waals surface area contributed by atoms with Crippen molar-refractivity contribution in [3.63, 3.8) is 0 Å². The summed E-state index contributed by atoms with van der Waals surface area (Å²) in [6.07, 6.45) is 21.7. The number of allylic oxidation sites excluding steroid dienone is 1. The Balaban J connectivity index is 1.44. The van der Waals surface area contributed by atoms with Gasteiger partial charge in [0.05, 0.1) is 37.5 Å². The summed E-state index contributed by atoms with van der Waals surface area (Å²) in [5, 5.41) is 25.0. The van der Waals surface area contributed by atoms with E-state index in [4.69, 9.17) is 33.7 Å². The minimum atomic E-state index is -1.41. The molecule has 1 heterocycles. The number of carbonyl (C=O) groups is 2. The standard InChI is InChI=1S/C58H80N2O10/c1-5-8-9-10-11-12-13-14-15-23-36-66-57(64)60(32-6-2)54-40-51(59-68-42-43-24-17-16-18-25-43)49-38-44(26-19-21-33-61)48(27-20-22-34-62)55-50-39-47(69-46-28-30-52(65-4)45(37-46)41-63)29-31-53(50)70-58(54,56(49)55)67-35-7-3/h7,16-18,24-25,28-31,37-39,41,44,48,54-56,61-62H,3,5-6,8-15,19-23,26-27,32-36,40,42H2,1-2,4H3. The number of rotatable bonds is 32. The first-order chi connectivity index (χ1) is 34.4. The SMILES string of the molecule is C=CCOC12Oc3ccc(Oc4ccc(OC)c(C=O)c4)cc3C3C(CCCCO)C(CCCCO)C=C(C(=NOCc4ccccc4)CC1N(CCC)C(=O)OCCCCCCCCCCCC)C32. The number of carbonyl (C=O) groups excluding carboxylic acids is 2. The molecule has 6 rings (SSSR count). The minimum absolute atomic E-state index is 0.0272. The van der Waals surface area contributed by atoms with E-state index in [0.29, 0.717) is 61.0 Å². The van der Waals surface area contributed by atoms with Crippen LogP contribution in [0.2, 0.25) is 0 Å². The molecule has 1 saturated carbocycles. The lowest BCUT2D eigenvalue weighted by Crippen LogP contribution is -2.70. The van der Waals surface area contributed by atoms with Crippen molar-refractivity contribution in [1.29, 1.82) is 0 Å². The number of aldehydes is 1. The molecule has 6 unspecified atom stereocenters. The van der Waals surface area contributed by atoms with Crippen LogP contribution >= 0.6 is 0 Å². The molecule has 1 amide bonds. The summed E-state index contributed by atoms with van der Waals surface area (Å²) < 4.78 is 32.7. The number of benzene rings is 3. The zero-order chi connectivity index (χ0) is 49.6. The van der Waals surface area contributed by atoms with Crippen LogP contribution in [0.1, 0.15) is 157 Å². The maximum Gasteiger partial charge on any atom is 0.410 e. The molecule has 12 nitrogen and oxygen atoms in total. The second-order valence-electron chi connectivity index (χ2n) is 19.1. The average molecular weight is 965 g/mol. The highest BCUT2D eigenvalue weighted by atomic mass is 16.7. The Labute approximate surface area is 417 Å². The smallest absolute Gasteiger partial charge is 0.410 e. The van der Waals surface area contributed by atoms with Crippen LogP contribution in [0.3, 0.4) is 0 Å². The highest BCUT2D eigenvalue weighted by Crippen LogP contribution is 2.62. The molecule has 0 bridgehead atoms. The van der Waals surface area contributed by atoms with Gasteiger partial charge in [0.2, 0.25) is 5.79 Å². The second-order valence-corrected chi connectivity index (χ2v) is 19.1. The van der Waals surface area contributed by atoms with Crippen molar-refractivity contribution in [1.82, 2.24) is 4.90 Å². The van der Waals surface area contributed by atoms with Crippen molar-refractivity contribution >= 4 is 18.1 Å². The van der Waals surface area contributed by atoms with E-state index in [0.717, 1.165) is 73.6 Å². The number of hydrogen-bond donors (Lipinski definition) is 2. The molecule has 0 radical (unpaired) electrons. The number of aliphatic hydroxyl groups is 2. The molecule has 12 heteroatoms. The van der Waals surface area contributed by atoms with E-state index < -0.39 is 23.8 Å². The maximum absolute atomic E-state index is 14.7. The normalized spacial score (nSPS) is 21.7. The van der Waals surface area contributed by atoms with Gasteiger partial charge in [-0.2, -0.15) is 0 Å². The van der Waals surface area contributed by atoms with E-state index in [9.17, 15) is 19.8 Å². The Kier molecular flexibility index (Phi) is 22.1. The van der Waals surface area contributed by atoms with Crippen LogP contribution in [0.5, 0.6) is 23.0 Å². The number of ether oxygens (including phenoxy) is 5. The number of fused-ring (bicyclic) bond motifs is 2. The van der Waals surface area contributed by atoms with E-state index in [1.54, 1.807) is 24.3 Å². The van der Waals surface area contributed by atoms with Crippen LogP contribution in [0.4, 0.5) is 4.79 Å². The molecule has 0 aromatic heterocycles. The van der Waals surface area contributed by atoms with Crippen LogP contribution < -0.4 is 14.2 Å². The monoisotopic (exact) mass is 965 g/mol. The predicted octanol–water partition coefficient (Wildman–Crippen LogP) is 12.9. The number of nitrogens with zero attached hydrogens (tertiary/aromatic N) is 2. The molecule has 382 valence electrons. The van der Waals surface area contributed by atoms with Gasteiger partial charge in [-0.1, -0.05) is 132 Å². The van der Waals surface area contributed by atoms with Gasteiger partial charge < -0.3 is 38.7 Å². The van der Waals surface area contributed by atoms with Crippen molar-refractivity contribution in [3.8, 4) is 23.0 Å². The van der Waals surface area contributed by atoms with Gasteiger partial charge >= 0.3 is 6.09 Å². The third-order valence-electron chi connectivity index (χ3n) is 14.3. The Hall–Kier alpha value is -5.17. The van der Waals surface area contributed by atoms with Crippen molar-refractivity contribution in [2.24, 2.45) is 22.9 Å². The summed E-state index contributed by atoms with van der Waals surface area (Å²) in [4.78, 5) is 34.8. The van der Waals surface area contributed by atoms with Crippen molar-refractivity contribution in [3.05, 3.63) is 108 Å². The average Bonchev–Trinajstić information content (AvgIpc) is 3.38. The number of aliphatic hydroxyl groups excluding tert-OH is 2. The molecule has 2 aliphatic carbocycles. The predicted molar refractivity (Wildman–Crippen MR) is 275 cm³/mol. The second kappa shape index (κ2) is 28.6. The van der Waals surface area contributed by atoms with E-state index in [1.165, 1.54) is 52.1 Å². The van der Waals surface area contributed by atoms with Gasteiger partial charge in [0.25, 0.3) is 0 Å². The van der Waals surface area contributed by atoms with Crippen LogP contribution in [0.15, 0.2) is 96.2 Å². The fourth-order valence-electron chi connectivity index (χ4n) is 10.9. The topological polar surface area (TPSA) is 146 Å². The van der Waals surface area contributed by atoms with Gasteiger partial charge in [-0.25, -0.2) is 4.79 Å². The number of hydrogen-bond acceptors (Lipinski definition) is 11. The lowest BCUT2D eigenvalue weighted by molar-refractivity contribution is -0.255. The summed E-state index contributed by atoms with van der Waals surface area (Å²) in [6.45, 7) is 9.68. The Morgan fingerprint density at radius 2 is 1.56 bits per heavy atom. The number of unbranched alkanes of at least 4 members (excludes halogenated alkanes) is 11. The van der Waals surface area contributed by atoms with Crippen LogP contribution in [-0.2, 0) is 20.9 Å². The van der Waals surface area contributed by atoms with E-state index >= 15 is 0 Å². The Morgan fingerprint density at radius 3 is 2.24 bits per heavy atom. The number of methoxy groups -OCH3 is 1. The molecule has 6 atom stereocenters. The Morgan fingerprint density at radius 1 is 0.857 bits per heavy atom. The Bertz CT molecular complexity index is 2140. The van der Waals surface area contributed by atoms with Crippen LogP contribution in [-0.4, -0.2) is 85.1 Å². The lowest BCUT2D eigenvalue weighted by Gasteiger charge is -2.59. The first-order valence-electron chi connectivity index (χ1n) is 26.3. The quantitative estimate of drug-likeness (QED) is 0.0268. The van der Waals surface area contributed by atoms with Crippen LogP contribution in [0.25, 0.3) is 0 Å². The van der Waals surface area contributed by atoms with Gasteiger partial charge in [0.15, 0.2) is 6.29 Å². The number of oxime groups is 1. The van der Waals surface area contributed by atoms with Gasteiger partial charge in [-0.05, 0) is 97.9 Å². The molecule has 70 heavy (non-hydrogen) atoms. The third kappa shape index (κ3) is 14.0. The molecule has 3 aromatic rings. The van der Waals surface area contributed by atoms with E-state index in [1.807, 2.05) is 53.4 Å². The third-order valence-corrected chi connectivity index (χ3v) is 14.3. The largest absolute Gasteiger partial charge is 0.496 e. The van der Waals surface area contributed by atoms with Crippen LogP contribution in [0, 0.1) is 17.8 Å². The summed E-state index contributed by atoms with van der Waals surface area (Å²) >= 11 is 0. The summed E-state index contributed by atoms with van der Waals surface area (Å²) in [5.74, 6) is 0.0354. The molecule has 3 aromatic carbocycles. The summed E-state index contributed by atoms with van der Waals surface area (Å²) in [6, 6.07) is 20.2. The lowest BCUT2D eigenvalue weighted by atomic mass is 9.55. The first-order valence-corrected chi connectivity index (χ1v) is 26.3. The summed E-state index contributed by atoms with van der Waals surface area (Å²) in [7, 11) is 1.52. The molecular formula is C58H80N2O10. The first kappa shape index (κ1) is 54.2. The van der Waals surface area contributed by atoms with Crippen molar-refractivity contribution in [2.75, 3.05) is 40.1 Å². The van der Waals surface area contributed by atoms with E-state index in [2.05, 4.69) is 26.5 Å². The van der Waals surface area contributed by atoms with Gasteiger partial charge in [0, 0.05) is 37.7 Å². The molecule has 2 N–H and O–H groups in total. The van der Waals surface area contributed by atoms with Crippen molar-refractivity contribution in [2.45, 2.75) is 154 Å². The highest BCUT2D eigenvalue weighted by Gasteiger charge is 2.65. The van der Waals surface area contributed by atoms with Gasteiger partial charge in [-0.3, -0.25) is 9.69 Å². The zero-order valence-corrected chi connectivity index (χ0v) is 42.2. The number of amides is 1. The molecule has 1 aliphatic heterocycles. The molecule has 3 aliphatic rings. The zero-order valence-electron chi connectivity index (χ0n) is 42.2. The fourth-order valence-corrected chi connectivity index (χ4v) is 10.9. The molecule has 1 fully saturated rings. The molecular weight excluding hydrogens is 885 g/mol. The van der Waals surface area contributed by atoms with E-state index in [-0.39, 0.29) is 50.6 Å². The molecule has 0 saturated heterocycles. The highest BCUT2D eigenvalue weighted by molar-refractivity contribution is 6.03.